The second-order valence-electron chi connectivity index (χ2n) is 16.6. The zero-order valence-electron chi connectivity index (χ0n) is 29.8. The van der Waals surface area contributed by atoms with E-state index in [1.165, 1.54) is 93.4 Å². The summed E-state index contributed by atoms with van der Waals surface area (Å²) in [6.45, 7) is 10.0. The third-order valence-corrected chi connectivity index (χ3v) is 19.9. The van der Waals surface area contributed by atoms with E-state index in [2.05, 4.69) is 51.4 Å². The van der Waals surface area contributed by atoms with Gasteiger partial charge in [-0.1, -0.05) is 76.0 Å². The second-order valence-corrected chi connectivity index (χ2v) is 29.4. The lowest BCUT2D eigenvalue weighted by atomic mass is 10.1. The molecule has 6 N–H and O–H groups in total. The highest BCUT2D eigenvalue weighted by molar-refractivity contribution is 7.19. The Morgan fingerprint density at radius 3 is 1.59 bits per heavy atom. The number of hydrogen-bond acceptors (Lipinski definition) is 7. The molecule has 4 aliphatic rings. The Hall–Kier alpha value is -2.33. The fourth-order valence-corrected chi connectivity index (χ4v) is 14.6. The largest absolute Gasteiger partial charge is 0.477 e. The number of H-pyrrole nitrogens is 2. The van der Waals surface area contributed by atoms with E-state index < -0.39 is 22.1 Å². The van der Waals surface area contributed by atoms with E-state index in [1.807, 2.05) is 6.07 Å². The molecule has 1 amide bonds. The number of nitrogens with two attached hydrogens (primary N) is 1. The number of nitrogens with one attached hydrogen (secondary N) is 3. The Morgan fingerprint density at radius 2 is 1.16 bits per heavy atom. The van der Waals surface area contributed by atoms with E-state index in [9.17, 15) is 9.59 Å². The van der Waals surface area contributed by atoms with Crippen LogP contribution in [-0.2, 0) is 0 Å². The van der Waals surface area contributed by atoms with E-state index in [4.69, 9.17) is 10.8 Å². The highest BCUT2D eigenvalue weighted by Crippen LogP contribution is 2.44. The van der Waals surface area contributed by atoms with E-state index >= 15 is 0 Å². The third-order valence-electron chi connectivity index (χ3n) is 10.7. The molecule has 0 radical (unpaired) electrons. The molecule has 6 heterocycles. The van der Waals surface area contributed by atoms with Gasteiger partial charge in [0.15, 0.2) is 0 Å². The van der Waals surface area contributed by atoms with Crippen molar-refractivity contribution in [1.29, 1.82) is 0 Å². The van der Waals surface area contributed by atoms with Gasteiger partial charge in [-0.05, 0) is 63.5 Å². The standard InChI is InChI=1S/C18H27N3OSSi.C9H8N2O2S.C9H21NSi/c1-24(2)9-3-5-13(6-4-10-24)19-17(22)14-11-15-16(20-14)21-18(23-15)12-7-8-12;12-9(13)5-3-6-7(10-5)11-8(14-6)4-1-2-4;1-11(2)7-3-5-9(10)6-4-8-11/h11-13,20H,3-10H2,1-2H3,(H,19,22);3-4,10H,1-2H2,(H,12,13);9H,3-8,10H2,1-2H3. The minimum absolute atomic E-state index is 0.0373. The van der Waals surface area contributed by atoms with Gasteiger partial charge in [0.1, 0.15) is 22.7 Å². The Bertz CT molecular complexity index is 1650. The van der Waals surface area contributed by atoms with E-state index in [0.29, 0.717) is 35.3 Å². The summed E-state index contributed by atoms with van der Waals surface area (Å²) in [5, 5.41) is 14.4. The van der Waals surface area contributed by atoms with Crippen molar-refractivity contribution < 1.29 is 14.7 Å². The van der Waals surface area contributed by atoms with Gasteiger partial charge in [0.2, 0.25) is 0 Å². The summed E-state index contributed by atoms with van der Waals surface area (Å²) in [6.07, 6.45) is 15.1. The first-order chi connectivity index (χ1) is 23.3. The number of fused-ring (bicyclic) bond motifs is 2. The molecule has 2 aliphatic carbocycles. The molecule has 4 aromatic heterocycles. The molecule has 0 unspecified atom stereocenters. The Labute approximate surface area is 300 Å². The lowest BCUT2D eigenvalue weighted by Gasteiger charge is -2.28. The smallest absolute Gasteiger partial charge is 0.352 e. The van der Waals surface area contributed by atoms with Gasteiger partial charge in [0, 0.05) is 40.1 Å². The molecule has 0 aromatic carbocycles. The zero-order valence-corrected chi connectivity index (χ0v) is 33.5. The molecule has 4 fully saturated rings. The van der Waals surface area contributed by atoms with Gasteiger partial charge in [0.25, 0.3) is 5.91 Å². The van der Waals surface area contributed by atoms with Gasteiger partial charge in [-0.15, -0.1) is 22.7 Å². The fraction of sp³-hybridized carbons (Fsp3) is 0.667. The average molecular weight is 741 g/mol. The SMILES string of the molecule is C[Si]1(C)CCCC(N)CCC1.C[Si]1(C)CCCC(NC(=O)c2cc3sc(C4CC4)nc3[nH]2)CCC1.O=C(O)c1cc2sc(C3CC3)nc2[nH]1. The molecule has 8 rings (SSSR count). The monoisotopic (exact) mass is 740 g/mol. The molecule has 2 saturated carbocycles. The number of aromatic carboxylic acids is 1. The highest BCUT2D eigenvalue weighted by Gasteiger charge is 2.29. The predicted octanol–water partition coefficient (Wildman–Crippen LogP) is 9.68. The van der Waals surface area contributed by atoms with E-state index in [-0.39, 0.29) is 11.6 Å². The Kier molecular flexibility index (Phi) is 11.5. The number of nitrogens with zero attached hydrogens (tertiary/aromatic N) is 2. The van der Waals surface area contributed by atoms with Crippen LogP contribution >= 0.6 is 22.7 Å². The average Bonchev–Trinajstić information content (AvgIpc) is 3.88. The van der Waals surface area contributed by atoms with Crippen LogP contribution in [0.4, 0.5) is 0 Å². The van der Waals surface area contributed by atoms with Crippen LogP contribution in [0.1, 0.15) is 120 Å². The lowest BCUT2D eigenvalue weighted by Crippen LogP contribution is -2.37. The molecule has 13 heteroatoms. The summed E-state index contributed by atoms with van der Waals surface area (Å²) in [5.41, 5.74) is 8.40. The number of aromatic nitrogens is 4. The fourth-order valence-electron chi connectivity index (χ4n) is 7.20. The highest BCUT2D eigenvalue weighted by atomic mass is 32.1. The first kappa shape index (κ1) is 36.5. The summed E-state index contributed by atoms with van der Waals surface area (Å²) in [7, 11) is -1.71. The molecule has 268 valence electrons. The minimum atomic E-state index is -0.955. The van der Waals surface area contributed by atoms with Crippen LogP contribution in [0.2, 0.25) is 50.4 Å². The maximum atomic E-state index is 12.6. The Balaban J connectivity index is 0.000000141. The number of amides is 1. The van der Waals surface area contributed by atoms with Crippen molar-refractivity contribution in [2.45, 2.75) is 151 Å². The minimum Gasteiger partial charge on any atom is -0.477 e. The van der Waals surface area contributed by atoms with Crippen LogP contribution in [0.25, 0.3) is 20.7 Å². The van der Waals surface area contributed by atoms with Crippen molar-refractivity contribution >= 4 is 71.4 Å². The molecule has 49 heavy (non-hydrogen) atoms. The topological polar surface area (TPSA) is 150 Å². The number of carboxylic acids is 1. The Morgan fingerprint density at radius 1 is 0.735 bits per heavy atom. The molecule has 0 bridgehead atoms. The van der Waals surface area contributed by atoms with Crippen molar-refractivity contribution in [3.63, 3.8) is 0 Å². The van der Waals surface area contributed by atoms with Crippen molar-refractivity contribution in [3.05, 3.63) is 33.5 Å². The normalized spacial score (nSPS) is 21.7. The van der Waals surface area contributed by atoms with Crippen molar-refractivity contribution in [3.8, 4) is 0 Å². The van der Waals surface area contributed by atoms with E-state index in [1.54, 1.807) is 28.7 Å². The van der Waals surface area contributed by atoms with Gasteiger partial charge >= 0.3 is 5.97 Å². The third kappa shape index (κ3) is 10.4. The molecule has 2 aliphatic heterocycles. The molecule has 0 spiro atoms. The van der Waals surface area contributed by atoms with E-state index in [0.717, 1.165) is 32.9 Å². The number of aromatic amines is 2. The van der Waals surface area contributed by atoms with Gasteiger partial charge < -0.3 is 26.1 Å². The number of carbonyl (C=O) groups excluding carboxylic acids is 1. The van der Waals surface area contributed by atoms with Gasteiger partial charge in [-0.3, -0.25) is 4.79 Å². The quantitative estimate of drug-likeness (QED) is 0.129. The van der Waals surface area contributed by atoms with Crippen LogP contribution in [0.15, 0.2) is 12.1 Å². The predicted molar refractivity (Wildman–Crippen MR) is 209 cm³/mol. The van der Waals surface area contributed by atoms with Gasteiger partial charge in [0.05, 0.1) is 19.4 Å². The summed E-state index contributed by atoms with van der Waals surface area (Å²) in [5.74, 6) is 0.420. The van der Waals surface area contributed by atoms with Gasteiger partial charge in [-0.25, -0.2) is 14.8 Å². The lowest BCUT2D eigenvalue weighted by molar-refractivity contribution is 0.0691. The molecule has 2 saturated heterocycles. The maximum absolute atomic E-state index is 12.6. The number of hydrogen-bond donors (Lipinski definition) is 5. The van der Waals surface area contributed by atoms with Crippen molar-refractivity contribution in [2.24, 2.45) is 5.73 Å². The van der Waals surface area contributed by atoms with Gasteiger partial charge in [-0.2, -0.15) is 0 Å². The first-order valence-electron chi connectivity index (χ1n) is 18.6. The van der Waals surface area contributed by atoms with Crippen molar-refractivity contribution in [2.75, 3.05) is 0 Å². The number of carbonyl (C=O) groups is 2. The summed E-state index contributed by atoms with van der Waals surface area (Å²) in [6, 6.07) is 10.3. The molecule has 4 aromatic rings. The van der Waals surface area contributed by atoms with Crippen LogP contribution in [0.5, 0.6) is 0 Å². The maximum Gasteiger partial charge on any atom is 0.352 e. The summed E-state index contributed by atoms with van der Waals surface area (Å²) < 4.78 is 2.07. The molecular weight excluding hydrogens is 685 g/mol. The second kappa shape index (κ2) is 15.5. The summed E-state index contributed by atoms with van der Waals surface area (Å²) >= 11 is 3.34. The zero-order chi connectivity index (χ0) is 34.8. The van der Waals surface area contributed by atoms with Crippen LogP contribution in [0, 0.1) is 0 Å². The molecule has 9 nitrogen and oxygen atoms in total. The number of rotatable bonds is 5. The molecular formula is C36H56N6O3S2Si2. The number of carboxylic acid groups (broad SMARTS) is 1. The van der Waals surface area contributed by atoms with Crippen molar-refractivity contribution in [1.82, 2.24) is 25.3 Å². The van der Waals surface area contributed by atoms with Crippen LogP contribution in [0.3, 0.4) is 0 Å². The number of thiazole rings is 2. The van der Waals surface area contributed by atoms with Crippen LogP contribution < -0.4 is 11.1 Å². The van der Waals surface area contributed by atoms with Crippen LogP contribution in [-0.4, -0.2) is 65.2 Å². The molecule has 0 atom stereocenters. The first-order valence-corrected chi connectivity index (χ1v) is 27.1. The summed E-state index contributed by atoms with van der Waals surface area (Å²) in [4.78, 5) is 38.3.